The van der Waals surface area contributed by atoms with Crippen LogP contribution in [0.25, 0.3) is 0 Å². The first-order chi connectivity index (χ1) is 7.72. The van der Waals surface area contributed by atoms with Gasteiger partial charge in [-0.25, -0.2) is 4.57 Å². The van der Waals surface area contributed by atoms with E-state index in [0.717, 1.165) is 51.4 Å². The molecular formula is C10H18FO4P. The summed E-state index contributed by atoms with van der Waals surface area (Å²) in [5.41, 5.74) is 0. The lowest BCUT2D eigenvalue weighted by Gasteiger charge is -2.20. The van der Waals surface area contributed by atoms with Crippen LogP contribution in [0.3, 0.4) is 0 Å². The van der Waals surface area contributed by atoms with E-state index in [1.807, 2.05) is 0 Å². The highest BCUT2D eigenvalue weighted by Crippen LogP contribution is 2.55. The molecule has 0 aliphatic heterocycles. The van der Waals surface area contributed by atoms with Crippen LogP contribution in [0.15, 0.2) is 0 Å². The zero-order chi connectivity index (χ0) is 11.4. The summed E-state index contributed by atoms with van der Waals surface area (Å²) in [6.07, 6.45) is 6.98. The van der Waals surface area contributed by atoms with Crippen molar-refractivity contribution in [1.82, 2.24) is 0 Å². The Labute approximate surface area is 95.0 Å². The summed E-state index contributed by atoms with van der Waals surface area (Å²) in [7, 11) is -3.97. The Balaban J connectivity index is 1.86. The van der Waals surface area contributed by atoms with Crippen molar-refractivity contribution in [3.8, 4) is 0 Å². The fourth-order valence-corrected chi connectivity index (χ4v) is 3.68. The zero-order valence-corrected chi connectivity index (χ0v) is 10.2. The second-order valence-electron chi connectivity index (χ2n) is 4.54. The Morgan fingerprint density at radius 1 is 0.875 bits per heavy atom. The van der Waals surface area contributed by atoms with E-state index in [-0.39, 0.29) is 12.2 Å². The summed E-state index contributed by atoms with van der Waals surface area (Å²) < 4.78 is 38.0. The van der Waals surface area contributed by atoms with Gasteiger partial charge in [-0.15, -0.1) is 0 Å². The first-order valence-electron chi connectivity index (χ1n) is 5.99. The summed E-state index contributed by atoms with van der Waals surface area (Å²) in [5, 5.41) is 0. The normalized spacial score (nSPS) is 24.3. The van der Waals surface area contributed by atoms with Gasteiger partial charge in [0.05, 0.1) is 12.2 Å². The molecule has 0 aromatic rings. The number of hydrogen-bond acceptors (Lipinski definition) is 4. The number of phosphoric acid groups is 1. The standard InChI is InChI=1S/C10H18FO4P/c11-15-16(12,13-9-5-1-2-6-9)14-10-7-3-4-8-10/h9-10H,1-8H2. The lowest BCUT2D eigenvalue weighted by molar-refractivity contribution is -0.0722. The molecule has 0 bridgehead atoms. The highest BCUT2D eigenvalue weighted by atomic mass is 31.2. The Bertz CT molecular complexity index is 240. The average Bonchev–Trinajstić information content (AvgIpc) is 2.91. The van der Waals surface area contributed by atoms with Crippen LogP contribution in [0.4, 0.5) is 4.53 Å². The molecule has 2 fully saturated rings. The molecule has 0 aromatic carbocycles. The average molecular weight is 252 g/mol. The van der Waals surface area contributed by atoms with E-state index in [0.29, 0.717) is 0 Å². The van der Waals surface area contributed by atoms with Gasteiger partial charge in [0, 0.05) is 0 Å². The van der Waals surface area contributed by atoms with Crippen molar-refractivity contribution in [2.75, 3.05) is 0 Å². The molecule has 0 amide bonds. The predicted molar refractivity (Wildman–Crippen MR) is 56.5 cm³/mol. The highest BCUT2D eigenvalue weighted by Gasteiger charge is 2.37. The van der Waals surface area contributed by atoms with Crippen molar-refractivity contribution in [3.63, 3.8) is 0 Å². The minimum atomic E-state index is -3.97. The van der Waals surface area contributed by atoms with Crippen molar-refractivity contribution in [3.05, 3.63) is 0 Å². The van der Waals surface area contributed by atoms with Gasteiger partial charge in [-0.05, 0) is 30.2 Å². The molecule has 0 N–H and O–H groups in total. The Morgan fingerprint density at radius 2 is 1.25 bits per heavy atom. The Hall–Kier alpha value is 0.0400. The molecule has 2 rings (SSSR count). The van der Waals surface area contributed by atoms with Crippen molar-refractivity contribution in [2.24, 2.45) is 0 Å². The molecule has 16 heavy (non-hydrogen) atoms. The van der Waals surface area contributed by atoms with Crippen LogP contribution in [0, 0.1) is 0 Å². The van der Waals surface area contributed by atoms with Crippen molar-refractivity contribution in [2.45, 2.75) is 63.6 Å². The summed E-state index contributed by atoms with van der Waals surface area (Å²) in [4.78, 5) is 0. The van der Waals surface area contributed by atoms with Gasteiger partial charge < -0.3 is 0 Å². The molecule has 0 unspecified atom stereocenters. The molecule has 0 radical (unpaired) electrons. The first kappa shape index (κ1) is 12.5. The van der Waals surface area contributed by atoms with Crippen molar-refractivity contribution < 1.29 is 22.9 Å². The van der Waals surface area contributed by atoms with E-state index in [2.05, 4.69) is 4.73 Å². The van der Waals surface area contributed by atoms with Crippen LogP contribution in [-0.2, 0) is 18.3 Å². The number of hydrogen-bond donors (Lipinski definition) is 0. The minimum Gasteiger partial charge on any atom is -0.282 e. The second kappa shape index (κ2) is 5.58. The maximum Gasteiger partial charge on any atom is 0.506 e. The SMILES string of the molecule is O=P(OF)(OC1CCCC1)OC1CCCC1. The molecular weight excluding hydrogens is 234 g/mol. The fraction of sp³-hybridized carbons (Fsp3) is 1.00. The van der Waals surface area contributed by atoms with E-state index >= 15 is 0 Å². The third-order valence-electron chi connectivity index (χ3n) is 3.25. The molecule has 0 spiro atoms. The second-order valence-corrected chi connectivity index (χ2v) is 5.99. The molecule has 0 atom stereocenters. The number of rotatable bonds is 5. The maximum atomic E-state index is 12.3. The van der Waals surface area contributed by atoms with E-state index in [1.54, 1.807) is 0 Å². The smallest absolute Gasteiger partial charge is 0.282 e. The van der Waals surface area contributed by atoms with Crippen LogP contribution < -0.4 is 0 Å². The summed E-state index contributed by atoms with van der Waals surface area (Å²) in [5.74, 6) is 0. The number of phosphoric ester groups is 1. The molecule has 4 nitrogen and oxygen atoms in total. The first-order valence-corrected chi connectivity index (χ1v) is 7.45. The molecule has 0 heterocycles. The van der Waals surface area contributed by atoms with Crippen molar-refractivity contribution in [1.29, 1.82) is 0 Å². The molecule has 2 aliphatic rings. The van der Waals surface area contributed by atoms with Gasteiger partial charge in [-0.1, -0.05) is 30.4 Å². The van der Waals surface area contributed by atoms with Crippen LogP contribution >= 0.6 is 7.82 Å². The maximum absolute atomic E-state index is 12.3. The van der Waals surface area contributed by atoms with Gasteiger partial charge in [0.1, 0.15) is 0 Å². The molecule has 2 saturated carbocycles. The van der Waals surface area contributed by atoms with Crippen LogP contribution in [0.2, 0.25) is 0 Å². The molecule has 2 aliphatic carbocycles. The third kappa shape index (κ3) is 3.27. The lowest BCUT2D eigenvalue weighted by atomic mass is 10.3. The Kier molecular flexibility index (Phi) is 4.36. The number of halogens is 1. The van der Waals surface area contributed by atoms with Gasteiger partial charge in [0.25, 0.3) is 0 Å². The molecule has 94 valence electrons. The largest absolute Gasteiger partial charge is 0.506 e. The molecule has 0 saturated heterocycles. The van der Waals surface area contributed by atoms with E-state index in [9.17, 15) is 9.09 Å². The molecule has 6 heteroatoms. The van der Waals surface area contributed by atoms with Gasteiger partial charge >= 0.3 is 7.82 Å². The fourth-order valence-electron chi connectivity index (χ4n) is 2.41. The van der Waals surface area contributed by atoms with Crippen LogP contribution in [0.1, 0.15) is 51.4 Å². The summed E-state index contributed by atoms with van der Waals surface area (Å²) >= 11 is 0. The van der Waals surface area contributed by atoms with Gasteiger partial charge in [-0.3, -0.25) is 9.05 Å². The van der Waals surface area contributed by atoms with Gasteiger partial charge in [0.15, 0.2) is 0 Å². The quantitative estimate of drug-likeness (QED) is 0.696. The van der Waals surface area contributed by atoms with Crippen molar-refractivity contribution >= 4 is 7.82 Å². The van der Waals surface area contributed by atoms with Gasteiger partial charge in [-0.2, -0.15) is 0 Å². The lowest BCUT2D eigenvalue weighted by Crippen LogP contribution is -2.12. The van der Waals surface area contributed by atoms with E-state index in [4.69, 9.17) is 9.05 Å². The highest BCUT2D eigenvalue weighted by molar-refractivity contribution is 7.48. The Morgan fingerprint density at radius 3 is 1.56 bits per heavy atom. The third-order valence-corrected chi connectivity index (χ3v) is 4.53. The zero-order valence-electron chi connectivity index (χ0n) is 9.27. The minimum absolute atomic E-state index is 0.178. The molecule has 0 aromatic heterocycles. The topological polar surface area (TPSA) is 44.8 Å². The predicted octanol–water partition coefficient (Wildman–Crippen LogP) is 3.91. The van der Waals surface area contributed by atoms with E-state index in [1.165, 1.54) is 0 Å². The van der Waals surface area contributed by atoms with E-state index < -0.39 is 7.82 Å². The van der Waals surface area contributed by atoms with Gasteiger partial charge in [0.2, 0.25) is 0 Å². The summed E-state index contributed by atoms with van der Waals surface area (Å²) in [6.45, 7) is 0. The van der Waals surface area contributed by atoms with Crippen LogP contribution in [0.5, 0.6) is 0 Å². The monoisotopic (exact) mass is 252 g/mol. The van der Waals surface area contributed by atoms with Crippen LogP contribution in [-0.4, -0.2) is 12.2 Å². The summed E-state index contributed by atoms with van der Waals surface area (Å²) in [6, 6.07) is 0.